The molecule has 5 heteroatoms. The zero-order valence-corrected chi connectivity index (χ0v) is 8.49. The Morgan fingerprint density at radius 1 is 1.50 bits per heavy atom. The Kier molecular flexibility index (Phi) is 2.79. The molecule has 0 amide bonds. The Hall–Kier alpha value is -0.940. The SMILES string of the molecule is CCNC1COCC1c1nc(C)no1. The van der Waals surface area contributed by atoms with E-state index in [4.69, 9.17) is 9.26 Å². The monoisotopic (exact) mass is 197 g/mol. The number of rotatable bonds is 3. The average Bonchev–Trinajstić information content (AvgIpc) is 2.74. The van der Waals surface area contributed by atoms with E-state index in [2.05, 4.69) is 22.4 Å². The van der Waals surface area contributed by atoms with Crippen LogP contribution in [0.15, 0.2) is 4.52 Å². The summed E-state index contributed by atoms with van der Waals surface area (Å²) in [5.41, 5.74) is 0. The molecule has 2 rings (SSSR count). The maximum atomic E-state index is 5.40. The first-order valence-corrected chi connectivity index (χ1v) is 4.92. The fourth-order valence-corrected chi connectivity index (χ4v) is 1.72. The fourth-order valence-electron chi connectivity index (χ4n) is 1.72. The summed E-state index contributed by atoms with van der Waals surface area (Å²) in [6, 6.07) is 0.305. The van der Waals surface area contributed by atoms with E-state index < -0.39 is 0 Å². The number of ether oxygens (including phenoxy) is 1. The minimum Gasteiger partial charge on any atom is -0.379 e. The number of hydrogen-bond acceptors (Lipinski definition) is 5. The van der Waals surface area contributed by atoms with Gasteiger partial charge in [-0.25, -0.2) is 0 Å². The van der Waals surface area contributed by atoms with Crippen LogP contribution in [0.5, 0.6) is 0 Å². The number of hydrogen-bond donors (Lipinski definition) is 1. The van der Waals surface area contributed by atoms with Crippen molar-refractivity contribution < 1.29 is 9.26 Å². The molecule has 1 aromatic rings. The predicted molar refractivity (Wildman–Crippen MR) is 50.1 cm³/mol. The van der Waals surface area contributed by atoms with Crippen LogP contribution in [0.1, 0.15) is 24.6 Å². The van der Waals surface area contributed by atoms with E-state index in [1.54, 1.807) is 0 Å². The lowest BCUT2D eigenvalue weighted by atomic mass is 10.0. The summed E-state index contributed by atoms with van der Waals surface area (Å²) < 4.78 is 10.5. The molecule has 0 saturated carbocycles. The second kappa shape index (κ2) is 4.06. The predicted octanol–water partition coefficient (Wildman–Crippen LogP) is 0.470. The van der Waals surface area contributed by atoms with Crippen molar-refractivity contribution in [2.45, 2.75) is 25.8 Å². The van der Waals surface area contributed by atoms with Crippen LogP contribution in [-0.2, 0) is 4.74 Å². The molecule has 1 saturated heterocycles. The molecule has 1 aliphatic rings. The summed E-state index contributed by atoms with van der Waals surface area (Å²) in [5.74, 6) is 1.57. The Balaban J connectivity index is 2.09. The Labute approximate surface area is 82.8 Å². The van der Waals surface area contributed by atoms with Crippen molar-refractivity contribution in [3.05, 3.63) is 11.7 Å². The van der Waals surface area contributed by atoms with Gasteiger partial charge in [0.2, 0.25) is 5.89 Å². The zero-order chi connectivity index (χ0) is 9.97. The van der Waals surface area contributed by atoms with Crippen LogP contribution >= 0.6 is 0 Å². The van der Waals surface area contributed by atoms with Gasteiger partial charge >= 0.3 is 0 Å². The molecule has 0 bridgehead atoms. The van der Waals surface area contributed by atoms with Crippen LogP contribution < -0.4 is 5.32 Å². The van der Waals surface area contributed by atoms with Crippen LogP contribution in [0.25, 0.3) is 0 Å². The molecule has 2 atom stereocenters. The van der Waals surface area contributed by atoms with Gasteiger partial charge in [0, 0.05) is 6.04 Å². The van der Waals surface area contributed by atoms with Crippen molar-refractivity contribution in [3.63, 3.8) is 0 Å². The second-order valence-corrected chi connectivity index (χ2v) is 3.49. The summed E-state index contributed by atoms with van der Waals surface area (Å²) in [6.45, 7) is 6.22. The molecule has 2 heterocycles. The average molecular weight is 197 g/mol. The third kappa shape index (κ3) is 1.78. The molecule has 1 N–H and O–H groups in total. The highest BCUT2D eigenvalue weighted by atomic mass is 16.5. The van der Waals surface area contributed by atoms with Crippen LogP contribution in [0, 0.1) is 6.92 Å². The van der Waals surface area contributed by atoms with E-state index in [0.717, 1.165) is 13.2 Å². The molecule has 5 nitrogen and oxygen atoms in total. The fraction of sp³-hybridized carbons (Fsp3) is 0.778. The smallest absolute Gasteiger partial charge is 0.233 e. The molecular weight excluding hydrogens is 182 g/mol. The van der Waals surface area contributed by atoms with Crippen molar-refractivity contribution in [3.8, 4) is 0 Å². The van der Waals surface area contributed by atoms with E-state index in [9.17, 15) is 0 Å². The molecule has 1 fully saturated rings. The highest BCUT2D eigenvalue weighted by Gasteiger charge is 2.32. The van der Waals surface area contributed by atoms with E-state index in [0.29, 0.717) is 24.4 Å². The highest BCUT2D eigenvalue weighted by molar-refractivity contribution is 5.01. The molecular formula is C9H15N3O2. The van der Waals surface area contributed by atoms with Gasteiger partial charge in [-0.3, -0.25) is 0 Å². The van der Waals surface area contributed by atoms with Gasteiger partial charge in [0.15, 0.2) is 5.82 Å². The van der Waals surface area contributed by atoms with Crippen molar-refractivity contribution in [1.82, 2.24) is 15.5 Å². The molecule has 2 unspecified atom stereocenters. The van der Waals surface area contributed by atoms with Gasteiger partial charge in [0.1, 0.15) is 0 Å². The first-order chi connectivity index (χ1) is 6.81. The number of nitrogens with zero attached hydrogens (tertiary/aromatic N) is 2. The number of likely N-dealkylation sites (N-methyl/N-ethyl adjacent to an activating group) is 1. The van der Waals surface area contributed by atoms with Crippen LogP contribution in [0.3, 0.4) is 0 Å². The van der Waals surface area contributed by atoms with E-state index in [1.165, 1.54) is 0 Å². The van der Waals surface area contributed by atoms with Crippen LogP contribution in [0.4, 0.5) is 0 Å². The van der Waals surface area contributed by atoms with Gasteiger partial charge in [-0.2, -0.15) is 4.98 Å². The Bertz CT molecular complexity index is 300. The topological polar surface area (TPSA) is 60.2 Å². The van der Waals surface area contributed by atoms with Gasteiger partial charge in [-0.05, 0) is 13.5 Å². The molecule has 0 spiro atoms. The third-order valence-electron chi connectivity index (χ3n) is 2.41. The van der Waals surface area contributed by atoms with E-state index in [1.807, 2.05) is 6.92 Å². The number of aromatic nitrogens is 2. The quantitative estimate of drug-likeness (QED) is 0.763. The molecule has 0 radical (unpaired) electrons. The molecule has 0 aromatic carbocycles. The molecule has 78 valence electrons. The van der Waals surface area contributed by atoms with Crippen molar-refractivity contribution in [1.29, 1.82) is 0 Å². The molecule has 1 aromatic heterocycles. The van der Waals surface area contributed by atoms with Gasteiger partial charge in [-0.15, -0.1) is 0 Å². The minimum atomic E-state index is 0.205. The van der Waals surface area contributed by atoms with Crippen LogP contribution in [0.2, 0.25) is 0 Å². The maximum absolute atomic E-state index is 5.40. The molecule has 14 heavy (non-hydrogen) atoms. The van der Waals surface area contributed by atoms with Crippen LogP contribution in [-0.4, -0.2) is 35.9 Å². The van der Waals surface area contributed by atoms with Crippen molar-refractivity contribution in [2.24, 2.45) is 0 Å². The lowest BCUT2D eigenvalue weighted by Gasteiger charge is -2.13. The molecule has 1 aliphatic heterocycles. The van der Waals surface area contributed by atoms with E-state index in [-0.39, 0.29) is 5.92 Å². The minimum absolute atomic E-state index is 0.205. The largest absolute Gasteiger partial charge is 0.379 e. The van der Waals surface area contributed by atoms with Crippen molar-refractivity contribution >= 4 is 0 Å². The van der Waals surface area contributed by atoms with Gasteiger partial charge in [-0.1, -0.05) is 12.1 Å². The van der Waals surface area contributed by atoms with Gasteiger partial charge in [0.05, 0.1) is 19.1 Å². The summed E-state index contributed by atoms with van der Waals surface area (Å²) in [6.07, 6.45) is 0. The zero-order valence-electron chi connectivity index (χ0n) is 8.49. The lowest BCUT2D eigenvalue weighted by Crippen LogP contribution is -2.34. The lowest BCUT2D eigenvalue weighted by molar-refractivity contribution is 0.185. The summed E-state index contributed by atoms with van der Waals surface area (Å²) >= 11 is 0. The first kappa shape index (κ1) is 9.61. The third-order valence-corrected chi connectivity index (χ3v) is 2.41. The summed E-state index contributed by atoms with van der Waals surface area (Å²) in [7, 11) is 0. The normalized spacial score (nSPS) is 27.0. The van der Waals surface area contributed by atoms with Crippen molar-refractivity contribution in [2.75, 3.05) is 19.8 Å². The van der Waals surface area contributed by atoms with E-state index >= 15 is 0 Å². The maximum Gasteiger partial charge on any atom is 0.233 e. The Morgan fingerprint density at radius 2 is 2.36 bits per heavy atom. The second-order valence-electron chi connectivity index (χ2n) is 3.49. The first-order valence-electron chi connectivity index (χ1n) is 4.92. The number of aryl methyl sites for hydroxylation is 1. The standard InChI is InChI=1S/C9H15N3O2/c1-3-10-8-5-13-4-7(8)9-11-6(2)12-14-9/h7-8,10H,3-5H2,1-2H3. The highest BCUT2D eigenvalue weighted by Crippen LogP contribution is 2.24. The summed E-state index contributed by atoms with van der Waals surface area (Å²) in [4.78, 5) is 4.23. The number of nitrogens with one attached hydrogen (secondary N) is 1. The van der Waals surface area contributed by atoms with Gasteiger partial charge in [0.25, 0.3) is 0 Å². The summed E-state index contributed by atoms with van der Waals surface area (Å²) in [5, 5.41) is 7.14. The van der Waals surface area contributed by atoms with Gasteiger partial charge < -0.3 is 14.6 Å². The Morgan fingerprint density at radius 3 is 3.00 bits per heavy atom. The molecule has 0 aliphatic carbocycles.